The third kappa shape index (κ3) is 2.91. The molecule has 0 amide bonds. The molecule has 0 radical (unpaired) electrons. The minimum atomic E-state index is -0.293. The summed E-state index contributed by atoms with van der Waals surface area (Å²) in [5, 5.41) is 0. The van der Waals surface area contributed by atoms with Gasteiger partial charge in [-0.3, -0.25) is 0 Å². The predicted octanol–water partition coefficient (Wildman–Crippen LogP) is 2.88. The van der Waals surface area contributed by atoms with Crippen molar-refractivity contribution >= 4 is 0 Å². The highest BCUT2D eigenvalue weighted by Gasteiger charge is 2.41. The van der Waals surface area contributed by atoms with Crippen molar-refractivity contribution < 1.29 is 9.47 Å². The molecule has 2 heterocycles. The van der Waals surface area contributed by atoms with Crippen LogP contribution in [-0.4, -0.2) is 29.9 Å². The summed E-state index contributed by atoms with van der Waals surface area (Å²) in [4.78, 5) is 2.19. The fourth-order valence-electron chi connectivity index (χ4n) is 3.02. The first-order valence-electron chi connectivity index (χ1n) is 7.60. The highest BCUT2D eigenvalue weighted by Crippen LogP contribution is 2.38. The minimum absolute atomic E-state index is 0.293. The molecule has 1 saturated heterocycles. The lowest BCUT2D eigenvalue weighted by molar-refractivity contribution is -0.182. The second-order valence-electron chi connectivity index (χ2n) is 5.16. The number of nitrogens with zero attached hydrogens (tertiary/aromatic N) is 1. The van der Waals surface area contributed by atoms with E-state index < -0.39 is 0 Å². The lowest BCUT2D eigenvalue weighted by Crippen LogP contribution is -2.42. The molecular formula is C16H26N2O2. The van der Waals surface area contributed by atoms with Gasteiger partial charge in [0.2, 0.25) is 0 Å². The molecule has 4 heteroatoms. The molecule has 20 heavy (non-hydrogen) atoms. The molecule has 1 spiro atoms. The highest BCUT2D eigenvalue weighted by molar-refractivity contribution is 5.34. The lowest BCUT2D eigenvalue weighted by atomic mass is 9.88. The van der Waals surface area contributed by atoms with Gasteiger partial charge in [-0.25, -0.2) is 0 Å². The van der Waals surface area contributed by atoms with Crippen molar-refractivity contribution in [3.05, 3.63) is 36.3 Å². The molecular weight excluding hydrogens is 252 g/mol. The molecule has 3 rings (SSSR count). The smallest absolute Gasteiger partial charge is 0.168 e. The normalized spacial score (nSPS) is 25.4. The Bertz CT molecular complexity index is 399. The number of nitrogens with two attached hydrogens (primary N) is 1. The fourth-order valence-corrected chi connectivity index (χ4v) is 3.02. The maximum absolute atomic E-state index is 5.91. The zero-order chi connectivity index (χ0) is 14.6. The summed E-state index contributed by atoms with van der Waals surface area (Å²) in [5.74, 6) is -0.293. The van der Waals surface area contributed by atoms with Crippen LogP contribution in [-0.2, 0) is 9.47 Å². The molecule has 0 atom stereocenters. The number of ether oxygens (including phenoxy) is 2. The maximum atomic E-state index is 5.91. The van der Waals surface area contributed by atoms with Crippen LogP contribution in [0.4, 0.5) is 0 Å². The zero-order valence-electron chi connectivity index (χ0n) is 12.6. The van der Waals surface area contributed by atoms with Gasteiger partial charge in [-0.05, 0) is 25.0 Å². The van der Waals surface area contributed by atoms with Gasteiger partial charge in [-0.15, -0.1) is 0 Å². The summed E-state index contributed by atoms with van der Waals surface area (Å²) in [7, 11) is 0. The van der Waals surface area contributed by atoms with E-state index in [-0.39, 0.29) is 5.79 Å². The van der Waals surface area contributed by atoms with E-state index in [4.69, 9.17) is 15.2 Å². The summed E-state index contributed by atoms with van der Waals surface area (Å²) >= 11 is 0. The van der Waals surface area contributed by atoms with Gasteiger partial charge in [0.15, 0.2) is 5.79 Å². The summed E-state index contributed by atoms with van der Waals surface area (Å²) in [6.07, 6.45) is 9.96. The second kappa shape index (κ2) is 6.46. The first-order chi connectivity index (χ1) is 9.70. The van der Waals surface area contributed by atoms with E-state index in [0.29, 0.717) is 6.04 Å². The van der Waals surface area contributed by atoms with Crippen molar-refractivity contribution in [2.45, 2.75) is 51.4 Å². The van der Waals surface area contributed by atoms with Crippen LogP contribution in [0.5, 0.6) is 0 Å². The molecule has 112 valence electrons. The van der Waals surface area contributed by atoms with E-state index in [9.17, 15) is 0 Å². The molecule has 1 saturated carbocycles. The van der Waals surface area contributed by atoms with E-state index in [2.05, 4.69) is 17.7 Å². The van der Waals surface area contributed by atoms with Crippen LogP contribution in [0.2, 0.25) is 0 Å². The summed E-state index contributed by atoms with van der Waals surface area (Å²) < 4.78 is 11.5. The van der Waals surface area contributed by atoms with Crippen molar-refractivity contribution in [2.24, 2.45) is 5.73 Å². The molecule has 3 aliphatic rings. The van der Waals surface area contributed by atoms with Gasteiger partial charge >= 0.3 is 0 Å². The molecule has 1 aliphatic carbocycles. The molecule has 2 N–H and O–H groups in total. The fraction of sp³-hybridized carbons (Fsp3) is 0.625. The lowest BCUT2D eigenvalue weighted by Gasteiger charge is -2.41. The van der Waals surface area contributed by atoms with Gasteiger partial charge in [0.25, 0.3) is 0 Å². The molecule has 0 aromatic heterocycles. The Hall–Kier alpha value is -1.26. The van der Waals surface area contributed by atoms with E-state index in [0.717, 1.165) is 50.3 Å². The summed E-state index contributed by atoms with van der Waals surface area (Å²) in [6.45, 7) is 9.53. The molecule has 4 nitrogen and oxygen atoms in total. The third-order valence-electron chi connectivity index (χ3n) is 4.09. The second-order valence-corrected chi connectivity index (χ2v) is 5.16. The number of rotatable bonds is 1. The summed E-state index contributed by atoms with van der Waals surface area (Å²) in [6, 6.07) is 0.458. The Balaban J connectivity index is 0.000000704. The van der Waals surface area contributed by atoms with Crippen molar-refractivity contribution in [3.63, 3.8) is 0 Å². The van der Waals surface area contributed by atoms with E-state index in [1.54, 1.807) is 0 Å². The maximum Gasteiger partial charge on any atom is 0.168 e. The third-order valence-corrected chi connectivity index (χ3v) is 4.09. The molecule has 2 fully saturated rings. The van der Waals surface area contributed by atoms with E-state index in [1.165, 1.54) is 0 Å². The number of hydrogen-bond acceptors (Lipinski definition) is 4. The van der Waals surface area contributed by atoms with Crippen LogP contribution in [0, 0.1) is 0 Å². The Kier molecular flexibility index (Phi) is 4.89. The van der Waals surface area contributed by atoms with Crippen LogP contribution in [0.15, 0.2) is 36.3 Å². The number of allylic oxidation sites excluding steroid dienone is 2. The first-order valence-corrected chi connectivity index (χ1v) is 7.60. The van der Waals surface area contributed by atoms with E-state index >= 15 is 0 Å². The quantitative estimate of drug-likeness (QED) is 0.801. The predicted molar refractivity (Wildman–Crippen MR) is 80.6 cm³/mol. The minimum Gasteiger partial charge on any atom is -0.397 e. The van der Waals surface area contributed by atoms with Crippen molar-refractivity contribution in [1.29, 1.82) is 0 Å². The van der Waals surface area contributed by atoms with Crippen molar-refractivity contribution in [2.75, 3.05) is 13.2 Å². The molecule has 0 bridgehead atoms. The Morgan fingerprint density at radius 1 is 1.25 bits per heavy atom. The van der Waals surface area contributed by atoms with Gasteiger partial charge in [-0.1, -0.05) is 20.4 Å². The molecule has 0 unspecified atom stereocenters. The van der Waals surface area contributed by atoms with Crippen LogP contribution >= 0.6 is 0 Å². The monoisotopic (exact) mass is 278 g/mol. The first kappa shape index (κ1) is 15.1. The zero-order valence-corrected chi connectivity index (χ0v) is 12.6. The molecule has 2 aliphatic heterocycles. The highest BCUT2D eigenvalue weighted by atomic mass is 16.7. The Morgan fingerprint density at radius 2 is 1.85 bits per heavy atom. The Labute approximate surface area is 121 Å². The SMILES string of the molecule is C=C1C(N)=CC=CN1C1CCC2(CC1)OCCO2.CC. The standard InChI is InChI=1S/C14H20N2O2.C2H6/c1-11-13(15)3-2-8-16(11)12-4-6-14(7-5-12)17-9-10-18-14;1-2/h2-3,8,12H,1,4-7,9-10,15H2;1-2H3. The molecule has 0 aromatic carbocycles. The Morgan fingerprint density at radius 3 is 2.45 bits per heavy atom. The van der Waals surface area contributed by atoms with Gasteiger partial charge in [0.1, 0.15) is 0 Å². The van der Waals surface area contributed by atoms with Crippen LogP contribution < -0.4 is 5.73 Å². The van der Waals surface area contributed by atoms with Crippen molar-refractivity contribution in [3.8, 4) is 0 Å². The van der Waals surface area contributed by atoms with Gasteiger partial charge < -0.3 is 20.1 Å². The largest absolute Gasteiger partial charge is 0.397 e. The van der Waals surface area contributed by atoms with Crippen molar-refractivity contribution in [1.82, 2.24) is 4.90 Å². The topological polar surface area (TPSA) is 47.7 Å². The van der Waals surface area contributed by atoms with Gasteiger partial charge in [0.05, 0.1) is 24.6 Å². The average Bonchev–Trinajstić information content (AvgIpc) is 2.94. The van der Waals surface area contributed by atoms with E-state index in [1.807, 2.05) is 26.0 Å². The average molecular weight is 278 g/mol. The van der Waals surface area contributed by atoms with Gasteiger partial charge in [-0.2, -0.15) is 0 Å². The van der Waals surface area contributed by atoms with Crippen LogP contribution in [0.3, 0.4) is 0 Å². The number of hydrogen-bond donors (Lipinski definition) is 1. The van der Waals surface area contributed by atoms with Crippen LogP contribution in [0.1, 0.15) is 39.5 Å². The van der Waals surface area contributed by atoms with Gasteiger partial charge in [0, 0.05) is 25.1 Å². The summed E-state index contributed by atoms with van der Waals surface area (Å²) in [5.41, 5.74) is 7.57. The van der Waals surface area contributed by atoms with Crippen LogP contribution in [0.25, 0.3) is 0 Å². The molecule has 0 aromatic rings.